The molecule has 106 valence electrons. The first kappa shape index (κ1) is 13.4. The maximum Gasteiger partial charge on any atom is 0.211 e. The number of hydrogen-bond donors (Lipinski definition) is 0. The van der Waals surface area contributed by atoms with E-state index >= 15 is 0 Å². The Hall–Kier alpha value is -1.58. The molecule has 2 aliphatic rings. The van der Waals surface area contributed by atoms with Crippen molar-refractivity contribution in [3.8, 4) is 12.3 Å². The molecular formula is C14H17N3O2S. The number of nitrogens with zero attached hydrogens (tertiary/aromatic N) is 3. The van der Waals surface area contributed by atoms with Crippen molar-refractivity contribution in [2.45, 2.75) is 24.9 Å². The fraction of sp³-hybridized carbons (Fsp3) is 0.500. The van der Waals surface area contributed by atoms with Gasteiger partial charge in [-0.15, -0.1) is 6.42 Å². The van der Waals surface area contributed by atoms with E-state index in [9.17, 15) is 8.42 Å². The van der Waals surface area contributed by atoms with Crippen molar-refractivity contribution in [2.75, 3.05) is 24.2 Å². The Morgan fingerprint density at radius 1 is 1.30 bits per heavy atom. The third-order valence-electron chi connectivity index (χ3n) is 4.04. The van der Waals surface area contributed by atoms with Crippen molar-refractivity contribution < 1.29 is 8.42 Å². The summed E-state index contributed by atoms with van der Waals surface area (Å²) in [6, 6.07) is 3.91. The predicted octanol–water partition coefficient (Wildman–Crippen LogP) is 0.675. The molecule has 20 heavy (non-hydrogen) atoms. The number of fused-ring (bicyclic) bond motifs is 2. The molecule has 3 rings (SSSR count). The van der Waals surface area contributed by atoms with Crippen LogP contribution in [0.3, 0.4) is 0 Å². The van der Waals surface area contributed by atoms with Gasteiger partial charge in [0, 0.05) is 36.9 Å². The topological polar surface area (TPSA) is 53.5 Å². The van der Waals surface area contributed by atoms with Gasteiger partial charge in [-0.2, -0.15) is 4.31 Å². The van der Waals surface area contributed by atoms with Crippen LogP contribution in [-0.4, -0.2) is 49.1 Å². The van der Waals surface area contributed by atoms with Gasteiger partial charge in [-0.3, -0.25) is 0 Å². The Labute approximate surface area is 119 Å². The second kappa shape index (κ2) is 4.76. The summed E-state index contributed by atoms with van der Waals surface area (Å²) in [4.78, 5) is 6.53. The minimum atomic E-state index is -3.12. The van der Waals surface area contributed by atoms with E-state index < -0.39 is 10.0 Å². The predicted molar refractivity (Wildman–Crippen MR) is 77.9 cm³/mol. The molecule has 0 spiro atoms. The molecule has 5 nitrogen and oxygen atoms in total. The van der Waals surface area contributed by atoms with Gasteiger partial charge in [0.05, 0.1) is 6.26 Å². The molecule has 0 amide bonds. The highest BCUT2D eigenvalue weighted by atomic mass is 32.2. The molecule has 0 aromatic carbocycles. The second-order valence-electron chi connectivity index (χ2n) is 5.43. The zero-order valence-corrected chi connectivity index (χ0v) is 12.2. The third-order valence-corrected chi connectivity index (χ3v) is 5.40. The van der Waals surface area contributed by atoms with Crippen LogP contribution in [0.15, 0.2) is 18.3 Å². The summed E-state index contributed by atoms with van der Waals surface area (Å²) in [6.07, 6.45) is 10.2. The van der Waals surface area contributed by atoms with Gasteiger partial charge in [-0.25, -0.2) is 13.4 Å². The lowest BCUT2D eigenvalue weighted by atomic mass is 10.2. The Kier molecular flexibility index (Phi) is 3.19. The lowest BCUT2D eigenvalue weighted by Crippen LogP contribution is -2.55. The number of terminal acetylenes is 1. The first-order chi connectivity index (χ1) is 9.49. The molecule has 0 N–H and O–H groups in total. The van der Waals surface area contributed by atoms with E-state index in [4.69, 9.17) is 6.42 Å². The van der Waals surface area contributed by atoms with E-state index in [2.05, 4.69) is 15.8 Å². The highest BCUT2D eigenvalue weighted by Crippen LogP contribution is 2.33. The Balaban J connectivity index is 1.82. The number of pyridine rings is 1. The second-order valence-corrected chi connectivity index (χ2v) is 7.32. The SMILES string of the molecule is C#Cc1ccc(N2CC3CCC(C2)N3S(C)(=O)=O)nc1. The highest BCUT2D eigenvalue weighted by Gasteiger charge is 2.44. The molecule has 2 unspecified atom stereocenters. The molecule has 0 aliphatic carbocycles. The Bertz CT molecular complexity index is 634. The number of hydrogen-bond acceptors (Lipinski definition) is 4. The van der Waals surface area contributed by atoms with Crippen LogP contribution in [-0.2, 0) is 10.0 Å². The van der Waals surface area contributed by atoms with Gasteiger partial charge in [-0.1, -0.05) is 5.92 Å². The monoisotopic (exact) mass is 291 g/mol. The normalized spacial score (nSPS) is 26.5. The van der Waals surface area contributed by atoms with E-state index in [0.717, 1.165) is 24.2 Å². The van der Waals surface area contributed by atoms with Crippen LogP contribution in [0.25, 0.3) is 0 Å². The molecule has 1 aromatic heterocycles. The van der Waals surface area contributed by atoms with Crippen molar-refractivity contribution >= 4 is 15.8 Å². The summed E-state index contributed by atoms with van der Waals surface area (Å²) in [5.41, 5.74) is 0.756. The Morgan fingerprint density at radius 3 is 2.40 bits per heavy atom. The van der Waals surface area contributed by atoms with E-state index in [0.29, 0.717) is 13.1 Å². The number of sulfonamides is 1. The summed E-state index contributed by atoms with van der Waals surface area (Å²) >= 11 is 0. The van der Waals surface area contributed by atoms with Gasteiger partial charge < -0.3 is 4.90 Å². The number of anilines is 1. The first-order valence-corrected chi connectivity index (χ1v) is 8.50. The zero-order valence-electron chi connectivity index (χ0n) is 11.4. The van der Waals surface area contributed by atoms with Gasteiger partial charge in [0.1, 0.15) is 5.82 Å². The van der Waals surface area contributed by atoms with Gasteiger partial charge in [-0.05, 0) is 25.0 Å². The van der Waals surface area contributed by atoms with E-state index in [-0.39, 0.29) is 12.1 Å². The zero-order chi connectivity index (χ0) is 14.3. The quantitative estimate of drug-likeness (QED) is 0.752. The number of rotatable bonds is 2. The summed E-state index contributed by atoms with van der Waals surface area (Å²) < 4.78 is 25.4. The lowest BCUT2D eigenvalue weighted by Gasteiger charge is -2.40. The molecule has 3 heterocycles. The summed E-state index contributed by atoms with van der Waals surface area (Å²) in [7, 11) is -3.12. The smallest absolute Gasteiger partial charge is 0.211 e. The molecule has 0 saturated carbocycles. The standard InChI is InChI=1S/C14H17N3O2S/c1-3-11-4-7-14(15-8-11)16-9-12-5-6-13(10-16)17(12)20(2,18)19/h1,4,7-8,12-13H,5-6,9-10H2,2H3. The maximum absolute atomic E-state index is 11.8. The van der Waals surface area contributed by atoms with Crippen LogP contribution < -0.4 is 4.90 Å². The van der Waals surface area contributed by atoms with Crippen molar-refractivity contribution in [2.24, 2.45) is 0 Å². The van der Waals surface area contributed by atoms with E-state index in [1.54, 1.807) is 10.5 Å². The fourth-order valence-corrected chi connectivity index (χ4v) is 4.68. The number of aromatic nitrogens is 1. The molecular weight excluding hydrogens is 274 g/mol. The summed E-state index contributed by atoms with van der Waals surface area (Å²) in [6.45, 7) is 1.40. The van der Waals surface area contributed by atoms with Crippen molar-refractivity contribution in [1.29, 1.82) is 0 Å². The van der Waals surface area contributed by atoms with Crippen LogP contribution in [0, 0.1) is 12.3 Å². The average Bonchev–Trinajstić information content (AvgIpc) is 2.71. The maximum atomic E-state index is 11.8. The van der Waals surface area contributed by atoms with Crippen molar-refractivity contribution in [3.05, 3.63) is 23.9 Å². The van der Waals surface area contributed by atoms with Crippen LogP contribution >= 0.6 is 0 Å². The van der Waals surface area contributed by atoms with Gasteiger partial charge in [0.25, 0.3) is 0 Å². The van der Waals surface area contributed by atoms with E-state index in [1.165, 1.54) is 6.26 Å². The van der Waals surface area contributed by atoms with Crippen molar-refractivity contribution in [3.63, 3.8) is 0 Å². The Morgan fingerprint density at radius 2 is 1.95 bits per heavy atom. The van der Waals surface area contributed by atoms with Gasteiger partial charge >= 0.3 is 0 Å². The van der Waals surface area contributed by atoms with Crippen LogP contribution in [0.5, 0.6) is 0 Å². The van der Waals surface area contributed by atoms with Crippen LogP contribution in [0.1, 0.15) is 18.4 Å². The third kappa shape index (κ3) is 2.28. The lowest BCUT2D eigenvalue weighted by molar-refractivity contribution is 0.287. The molecule has 2 aliphatic heterocycles. The van der Waals surface area contributed by atoms with Crippen LogP contribution in [0.2, 0.25) is 0 Å². The minimum absolute atomic E-state index is 0.0675. The molecule has 2 fully saturated rings. The molecule has 2 atom stereocenters. The fourth-order valence-electron chi connectivity index (χ4n) is 3.25. The van der Waals surface area contributed by atoms with Gasteiger partial charge in [0.2, 0.25) is 10.0 Å². The van der Waals surface area contributed by atoms with Gasteiger partial charge in [0.15, 0.2) is 0 Å². The minimum Gasteiger partial charge on any atom is -0.353 e. The largest absolute Gasteiger partial charge is 0.353 e. The molecule has 2 saturated heterocycles. The summed E-state index contributed by atoms with van der Waals surface area (Å²) in [5, 5.41) is 0. The molecule has 1 aromatic rings. The van der Waals surface area contributed by atoms with Crippen LogP contribution in [0.4, 0.5) is 5.82 Å². The van der Waals surface area contributed by atoms with Crippen molar-refractivity contribution in [1.82, 2.24) is 9.29 Å². The first-order valence-electron chi connectivity index (χ1n) is 6.65. The molecule has 6 heteroatoms. The molecule has 2 bridgehead atoms. The average molecular weight is 291 g/mol. The molecule has 0 radical (unpaired) electrons. The highest BCUT2D eigenvalue weighted by molar-refractivity contribution is 7.88. The van der Waals surface area contributed by atoms with E-state index in [1.807, 2.05) is 12.1 Å². The summed E-state index contributed by atoms with van der Waals surface area (Å²) in [5.74, 6) is 3.41. The number of piperazine rings is 1.